The van der Waals surface area contributed by atoms with Crippen LogP contribution in [0.1, 0.15) is 49.2 Å². The second kappa shape index (κ2) is 10.6. The Hall–Kier alpha value is -3.17. The molecule has 1 amide bonds. The minimum Gasteiger partial charge on any atom is -0.383 e. The van der Waals surface area contributed by atoms with Gasteiger partial charge < -0.3 is 10.6 Å². The Balaban J connectivity index is 1.68. The predicted molar refractivity (Wildman–Crippen MR) is 141 cm³/mol. The van der Waals surface area contributed by atoms with Crippen LogP contribution in [-0.4, -0.2) is 40.0 Å². The maximum atomic E-state index is 13.7. The number of anilines is 2. The average Bonchev–Trinajstić information content (AvgIpc) is 3.30. The molecule has 0 saturated heterocycles. The van der Waals surface area contributed by atoms with E-state index in [1.807, 2.05) is 44.2 Å². The number of H-pyrrole nitrogens is 1. The molecule has 186 valence electrons. The van der Waals surface area contributed by atoms with Gasteiger partial charge in [0.25, 0.3) is 5.56 Å². The van der Waals surface area contributed by atoms with Crippen molar-refractivity contribution in [2.75, 3.05) is 30.3 Å². The molecule has 3 N–H and O–H groups in total. The fourth-order valence-corrected chi connectivity index (χ4v) is 5.75. The summed E-state index contributed by atoms with van der Waals surface area (Å²) in [6.07, 6.45) is 1.80. The highest BCUT2D eigenvalue weighted by Crippen LogP contribution is 2.35. The first-order valence-corrected chi connectivity index (χ1v) is 12.9. The number of nitrogens with one attached hydrogen (secondary N) is 1. The third-order valence-electron chi connectivity index (χ3n) is 6.45. The fraction of sp³-hybridized carbons (Fsp3) is 0.423. The summed E-state index contributed by atoms with van der Waals surface area (Å²) in [5.74, 6) is -0.0978. The highest BCUT2D eigenvalue weighted by molar-refractivity contribution is 7.10. The minimum atomic E-state index is -0.642. The van der Waals surface area contributed by atoms with Crippen LogP contribution in [0.3, 0.4) is 0 Å². The molecule has 0 saturated carbocycles. The molecule has 2 aromatic heterocycles. The van der Waals surface area contributed by atoms with Crippen molar-refractivity contribution in [2.24, 2.45) is 5.92 Å². The summed E-state index contributed by atoms with van der Waals surface area (Å²) in [5.41, 5.74) is 7.39. The standard InChI is InChI=1S/C26H33N5O3S/c1-4-20-19-11-13-35-21(19)10-12-29(20)16-22(32)30(14-17(2)3)23-24(27)31(26(34)28-25(23)33)15-18-8-6-5-7-9-18/h5-9,11,13,17,20H,4,10,12,14-16,27H2,1-3H3,(H,28,33,34). The number of carbonyl (C=O) groups is 1. The van der Waals surface area contributed by atoms with E-state index in [1.165, 1.54) is 19.9 Å². The average molecular weight is 496 g/mol. The van der Waals surface area contributed by atoms with Gasteiger partial charge in [0, 0.05) is 24.0 Å². The number of rotatable bonds is 8. The minimum absolute atomic E-state index is 0.00223. The second-order valence-corrected chi connectivity index (χ2v) is 10.4. The topological polar surface area (TPSA) is 104 Å². The lowest BCUT2D eigenvalue weighted by molar-refractivity contribution is -0.120. The molecular formula is C26H33N5O3S. The Morgan fingerprint density at radius 2 is 1.97 bits per heavy atom. The highest BCUT2D eigenvalue weighted by Gasteiger charge is 2.31. The molecule has 35 heavy (non-hydrogen) atoms. The zero-order valence-electron chi connectivity index (χ0n) is 20.5. The van der Waals surface area contributed by atoms with E-state index in [-0.39, 0.29) is 42.5 Å². The van der Waals surface area contributed by atoms with Crippen molar-refractivity contribution in [1.82, 2.24) is 14.5 Å². The molecule has 1 unspecified atom stereocenters. The molecule has 1 atom stereocenters. The number of benzene rings is 1. The van der Waals surface area contributed by atoms with Gasteiger partial charge in [0.05, 0.1) is 13.1 Å². The van der Waals surface area contributed by atoms with Crippen molar-refractivity contribution in [3.05, 3.63) is 78.6 Å². The summed E-state index contributed by atoms with van der Waals surface area (Å²) in [5, 5.41) is 2.11. The van der Waals surface area contributed by atoms with Gasteiger partial charge in [-0.3, -0.25) is 24.0 Å². The number of fused-ring (bicyclic) bond motifs is 1. The molecule has 4 rings (SSSR count). The van der Waals surface area contributed by atoms with Gasteiger partial charge in [-0.15, -0.1) is 11.3 Å². The van der Waals surface area contributed by atoms with Crippen LogP contribution >= 0.6 is 11.3 Å². The molecular weight excluding hydrogens is 462 g/mol. The number of amides is 1. The smallest absolute Gasteiger partial charge is 0.330 e. The van der Waals surface area contributed by atoms with Crippen molar-refractivity contribution in [3.8, 4) is 0 Å². The summed E-state index contributed by atoms with van der Waals surface area (Å²) in [7, 11) is 0. The molecule has 9 heteroatoms. The van der Waals surface area contributed by atoms with Crippen LogP contribution < -0.4 is 21.9 Å². The van der Waals surface area contributed by atoms with E-state index in [9.17, 15) is 14.4 Å². The first-order valence-electron chi connectivity index (χ1n) is 12.1. The summed E-state index contributed by atoms with van der Waals surface area (Å²) in [4.78, 5) is 46.7. The van der Waals surface area contributed by atoms with Crippen LogP contribution in [-0.2, 0) is 17.8 Å². The largest absolute Gasteiger partial charge is 0.383 e. The Kier molecular flexibility index (Phi) is 7.57. The maximum Gasteiger partial charge on any atom is 0.330 e. The third-order valence-corrected chi connectivity index (χ3v) is 7.44. The molecule has 1 aliphatic rings. The van der Waals surface area contributed by atoms with Crippen molar-refractivity contribution < 1.29 is 4.79 Å². The van der Waals surface area contributed by atoms with Gasteiger partial charge in [-0.25, -0.2) is 4.79 Å². The lowest BCUT2D eigenvalue weighted by atomic mass is 9.98. The van der Waals surface area contributed by atoms with Crippen LogP contribution in [0, 0.1) is 5.92 Å². The number of nitrogen functional groups attached to an aromatic ring is 1. The normalized spacial score (nSPS) is 15.8. The van der Waals surface area contributed by atoms with Gasteiger partial charge in [0.2, 0.25) is 5.91 Å². The zero-order valence-corrected chi connectivity index (χ0v) is 21.3. The van der Waals surface area contributed by atoms with Crippen LogP contribution in [0.2, 0.25) is 0 Å². The van der Waals surface area contributed by atoms with Gasteiger partial charge in [0.15, 0.2) is 5.69 Å². The summed E-state index contributed by atoms with van der Waals surface area (Å²) in [6.45, 7) is 7.58. The number of aromatic amines is 1. The Labute approximate surface area is 209 Å². The number of nitrogens with two attached hydrogens (primary N) is 1. The van der Waals surface area contributed by atoms with E-state index in [1.54, 1.807) is 11.3 Å². The molecule has 3 aromatic rings. The molecule has 8 nitrogen and oxygen atoms in total. The molecule has 3 heterocycles. The number of thiophene rings is 1. The number of nitrogens with zero attached hydrogens (tertiary/aromatic N) is 3. The number of hydrogen-bond acceptors (Lipinski definition) is 6. The van der Waals surface area contributed by atoms with E-state index in [0.29, 0.717) is 6.54 Å². The van der Waals surface area contributed by atoms with Gasteiger partial charge in [-0.1, -0.05) is 51.1 Å². The molecule has 1 aliphatic heterocycles. The summed E-state index contributed by atoms with van der Waals surface area (Å²) < 4.78 is 1.32. The van der Waals surface area contributed by atoms with E-state index in [2.05, 4.69) is 28.3 Å². The molecule has 0 aliphatic carbocycles. The lowest BCUT2D eigenvalue weighted by Crippen LogP contribution is -2.48. The van der Waals surface area contributed by atoms with Crippen molar-refractivity contribution in [2.45, 2.75) is 46.2 Å². The van der Waals surface area contributed by atoms with Crippen LogP contribution in [0.15, 0.2) is 51.4 Å². The maximum absolute atomic E-state index is 13.7. The molecule has 0 radical (unpaired) electrons. The van der Waals surface area contributed by atoms with E-state index in [0.717, 1.165) is 24.9 Å². The zero-order chi connectivity index (χ0) is 25.1. The number of hydrogen-bond donors (Lipinski definition) is 2. The van der Waals surface area contributed by atoms with Gasteiger partial charge in [0.1, 0.15) is 5.82 Å². The van der Waals surface area contributed by atoms with Crippen molar-refractivity contribution in [3.63, 3.8) is 0 Å². The number of aromatic nitrogens is 2. The molecule has 0 fully saturated rings. The quantitative estimate of drug-likeness (QED) is 0.499. The SMILES string of the molecule is CCC1c2ccsc2CCN1CC(=O)N(CC(C)C)c1c(N)n(Cc2ccccc2)c(=O)[nH]c1=O. The molecule has 1 aromatic carbocycles. The second-order valence-electron chi connectivity index (χ2n) is 9.41. The lowest BCUT2D eigenvalue weighted by Gasteiger charge is -2.36. The van der Waals surface area contributed by atoms with Crippen molar-refractivity contribution >= 4 is 28.7 Å². The Morgan fingerprint density at radius 3 is 2.66 bits per heavy atom. The van der Waals surface area contributed by atoms with E-state index >= 15 is 0 Å². The fourth-order valence-electron chi connectivity index (χ4n) is 4.82. The van der Waals surface area contributed by atoms with Gasteiger partial charge in [-0.05, 0) is 41.3 Å². The molecule has 0 spiro atoms. The third kappa shape index (κ3) is 5.26. The highest BCUT2D eigenvalue weighted by atomic mass is 32.1. The van der Waals surface area contributed by atoms with Gasteiger partial charge >= 0.3 is 5.69 Å². The van der Waals surface area contributed by atoms with Crippen LogP contribution in [0.4, 0.5) is 11.5 Å². The molecule has 0 bridgehead atoms. The summed E-state index contributed by atoms with van der Waals surface area (Å²) >= 11 is 1.77. The van der Waals surface area contributed by atoms with Crippen LogP contribution in [0.5, 0.6) is 0 Å². The predicted octanol–water partition coefficient (Wildman–Crippen LogP) is 3.23. The Morgan fingerprint density at radius 1 is 1.23 bits per heavy atom. The Bertz CT molecular complexity index is 1290. The number of carbonyl (C=O) groups excluding carboxylic acids is 1. The summed E-state index contributed by atoms with van der Waals surface area (Å²) in [6, 6.07) is 11.7. The monoisotopic (exact) mass is 495 g/mol. The van der Waals surface area contributed by atoms with Gasteiger partial charge in [-0.2, -0.15) is 0 Å². The van der Waals surface area contributed by atoms with Crippen molar-refractivity contribution in [1.29, 1.82) is 0 Å². The van der Waals surface area contributed by atoms with Crippen LogP contribution in [0.25, 0.3) is 0 Å². The van der Waals surface area contributed by atoms with E-state index < -0.39 is 11.2 Å². The van der Waals surface area contributed by atoms with E-state index in [4.69, 9.17) is 5.73 Å². The first-order chi connectivity index (χ1) is 16.8. The first kappa shape index (κ1) is 24.9.